The summed E-state index contributed by atoms with van der Waals surface area (Å²) in [6.07, 6.45) is -4.57. The number of esters is 1. The zero-order valence-electron chi connectivity index (χ0n) is 16.9. The molecule has 164 valence electrons. The lowest BCUT2D eigenvalue weighted by Gasteiger charge is -2.24. The molecule has 0 radical (unpaired) electrons. The number of methoxy groups -OCH3 is 1. The number of rotatable bonds is 3. The first-order chi connectivity index (χ1) is 13.9. The van der Waals surface area contributed by atoms with Crippen molar-refractivity contribution in [3.63, 3.8) is 0 Å². The molecule has 1 atom stereocenters. The van der Waals surface area contributed by atoms with Crippen molar-refractivity contribution in [2.75, 3.05) is 25.5 Å². The number of fused-ring (bicyclic) bond motifs is 1. The van der Waals surface area contributed by atoms with Crippen LogP contribution in [0.1, 0.15) is 43.1 Å². The number of halogens is 3. The highest BCUT2D eigenvalue weighted by Crippen LogP contribution is 2.40. The lowest BCUT2D eigenvalue weighted by atomic mass is 10.1. The van der Waals surface area contributed by atoms with E-state index in [4.69, 9.17) is 4.74 Å². The molecule has 0 aromatic carbocycles. The quantitative estimate of drug-likeness (QED) is 0.700. The van der Waals surface area contributed by atoms with E-state index in [-0.39, 0.29) is 34.2 Å². The van der Waals surface area contributed by atoms with E-state index in [0.29, 0.717) is 13.0 Å². The molecular weight excluding hydrogens is 423 g/mol. The monoisotopic (exact) mass is 445 g/mol. The van der Waals surface area contributed by atoms with Gasteiger partial charge in [-0.1, -0.05) is 0 Å². The maximum absolute atomic E-state index is 13.6. The lowest BCUT2D eigenvalue weighted by Crippen LogP contribution is -2.36. The first-order valence-corrected chi connectivity index (χ1v) is 10.1. The number of hydrogen-bond acceptors (Lipinski definition) is 7. The first-order valence-electron chi connectivity index (χ1n) is 9.21. The van der Waals surface area contributed by atoms with E-state index in [0.717, 1.165) is 24.5 Å². The van der Waals surface area contributed by atoms with Gasteiger partial charge in [0.05, 0.1) is 28.5 Å². The van der Waals surface area contributed by atoms with Crippen LogP contribution in [0.5, 0.6) is 0 Å². The fourth-order valence-electron chi connectivity index (χ4n) is 3.13. The minimum Gasteiger partial charge on any atom is -0.465 e. The van der Waals surface area contributed by atoms with Gasteiger partial charge in [-0.05, 0) is 33.3 Å². The molecule has 0 aliphatic carbocycles. The second kappa shape index (κ2) is 7.93. The van der Waals surface area contributed by atoms with E-state index in [9.17, 15) is 22.8 Å². The summed E-state index contributed by atoms with van der Waals surface area (Å²) in [5, 5.41) is 4.27. The Labute approximate surface area is 175 Å². The number of hydrogen-bond donors (Lipinski definition) is 1. The molecule has 3 rings (SSSR count). The van der Waals surface area contributed by atoms with Crippen LogP contribution in [0.2, 0.25) is 0 Å². The van der Waals surface area contributed by atoms with Gasteiger partial charge in [-0.2, -0.15) is 13.2 Å². The molecular formula is C19H22F3N3O4S. The van der Waals surface area contributed by atoms with E-state index in [1.54, 1.807) is 20.8 Å². The molecule has 7 nitrogen and oxygen atoms in total. The second-order valence-corrected chi connectivity index (χ2v) is 8.81. The van der Waals surface area contributed by atoms with E-state index < -0.39 is 29.4 Å². The van der Waals surface area contributed by atoms with Gasteiger partial charge in [0.15, 0.2) is 0 Å². The van der Waals surface area contributed by atoms with Gasteiger partial charge in [-0.15, -0.1) is 11.3 Å². The summed E-state index contributed by atoms with van der Waals surface area (Å²) in [6, 6.07) is 0.625. The third-order valence-corrected chi connectivity index (χ3v) is 5.43. The fourth-order valence-corrected chi connectivity index (χ4v) is 4.14. The molecule has 1 N–H and O–H groups in total. The Kier molecular flexibility index (Phi) is 5.85. The van der Waals surface area contributed by atoms with Crippen molar-refractivity contribution >= 4 is 39.4 Å². The van der Waals surface area contributed by atoms with Gasteiger partial charge in [0.25, 0.3) is 0 Å². The van der Waals surface area contributed by atoms with Crippen molar-refractivity contribution < 1.29 is 32.2 Å². The molecule has 1 unspecified atom stereocenters. The van der Waals surface area contributed by atoms with E-state index in [1.165, 1.54) is 10.3 Å². The summed E-state index contributed by atoms with van der Waals surface area (Å²) in [5.41, 5.74) is -1.60. The Morgan fingerprint density at radius 1 is 1.30 bits per heavy atom. The standard InChI is InChI=1S/C19H22F3N3O4S/c1-18(2,3)29-17(27)25-6-5-10(8-25)23-13-7-12(19(20,21)22)15-14(24-13)11(9-30-15)16(26)28-4/h7,9-10H,5-6,8H2,1-4H3,(H,23,24). The minimum absolute atomic E-state index is 0.0191. The summed E-state index contributed by atoms with van der Waals surface area (Å²) < 4.78 is 50.6. The number of likely N-dealkylation sites (tertiary alicyclic amines) is 1. The second-order valence-electron chi connectivity index (χ2n) is 7.93. The molecule has 2 aromatic heterocycles. The molecule has 0 saturated carbocycles. The third-order valence-electron chi connectivity index (χ3n) is 4.43. The topological polar surface area (TPSA) is 80.8 Å². The Morgan fingerprint density at radius 2 is 2.00 bits per heavy atom. The lowest BCUT2D eigenvalue weighted by molar-refractivity contribution is -0.136. The number of carbonyl (C=O) groups excluding carboxylic acids is 2. The van der Waals surface area contributed by atoms with Crippen LogP contribution in [-0.2, 0) is 15.7 Å². The number of pyridine rings is 1. The Balaban J connectivity index is 1.86. The average Bonchev–Trinajstić information content (AvgIpc) is 3.25. The van der Waals surface area contributed by atoms with Gasteiger partial charge >= 0.3 is 18.2 Å². The number of alkyl halides is 3. The van der Waals surface area contributed by atoms with Crippen LogP contribution in [-0.4, -0.2) is 53.8 Å². The molecule has 1 saturated heterocycles. The first kappa shape index (κ1) is 22.1. The molecule has 3 heterocycles. The molecule has 0 bridgehead atoms. The Hall–Kier alpha value is -2.56. The molecule has 0 spiro atoms. The Bertz CT molecular complexity index is 968. The van der Waals surface area contributed by atoms with Crippen LogP contribution in [0.4, 0.5) is 23.8 Å². The van der Waals surface area contributed by atoms with Crippen molar-refractivity contribution in [3.8, 4) is 0 Å². The highest BCUT2D eigenvalue weighted by Gasteiger charge is 2.36. The van der Waals surface area contributed by atoms with Gasteiger partial charge in [0, 0.05) is 24.5 Å². The van der Waals surface area contributed by atoms with Gasteiger partial charge in [0.2, 0.25) is 0 Å². The van der Waals surface area contributed by atoms with Crippen molar-refractivity contribution in [3.05, 3.63) is 22.6 Å². The van der Waals surface area contributed by atoms with Crippen LogP contribution >= 0.6 is 11.3 Å². The third kappa shape index (κ3) is 4.77. The van der Waals surface area contributed by atoms with E-state index in [1.807, 2.05) is 0 Å². The predicted octanol–water partition coefficient (Wildman–Crippen LogP) is 4.52. The van der Waals surface area contributed by atoms with Crippen molar-refractivity contribution in [1.82, 2.24) is 9.88 Å². The van der Waals surface area contributed by atoms with Crippen molar-refractivity contribution in [1.29, 1.82) is 0 Å². The van der Waals surface area contributed by atoms with Gasteiger partial charge in [-0.3, -0.25) is 0 Å². The SMILES string of the molecule is COC(=O)c1csc2c(C(F)(F)F)cc(NC3CCN(C(=O)OC(C)(C)C)C3)nc12. The molecule has 2 aromatic rings. The molecule has 1 aliphatic heterocycles. The van der Waals surface area contributed by atoms with Crippen LogP contribution in [0.3, 0.4) is 0 Å². The number of carbonyl (C=O) groups is 2. The van der Waals surface area contributed by atoms with E-state index >= 15 is 0 Å². The number of nitrogens with zero attached hydrogens (tertiary/aromatic N) is 2. The van der Waals surface area contributed by atoms with Gasteiger partial charge in [-0.25, -0.2) is 14.6 Å². The van der Waals surface area contributed by atoms with Crippen LogP contribution in [0, 0.1) is 0 Å². The number of amides is 1. The molecule has 30 heavy (non-hydrogen) atoms. The number of nitrogens with one attached hydrogen (secondary N) is 1. The van der Waals surface area contributed by atoms with Gasteiger partial charge < -0.3 is 19.7 Å². The smallest absolute Gasteiger partial charge is 0.417 e. The number of thiophene rings is 1. The number of ether oxygens (including phenoxy) is 2. The summed E-state index contributed by atoms with van der Waals surface area (Å²) in [7, 11) is 1.16. The number of aromatic nitrogens is 1. The van der Waals surface area contributed by atoms with E-state index in [2.05, 4.69) is 15.0 Å². The molecule has 1 amide bonds. The minimum atomic E-state index is -4.62. The van der Waals surface area contributed by atoms with Crippen LogP contribution in [0.15, 0.2) is 11.4 Å². The predicted molar refractivity (Wildman–Crippen MR) is 106 cm³/mol. The largest absolute Gasteiger partial charge is 0.465 e. The van der Waals surface area contributed by atoms with Crippen LogP contribution < -0.4 is 5.32 Å². The summed E-state index contributed by atoms with van der Waals surface area (Å²) >= 11 is 0.792. The average molecular weight is 445 g/mol. The summed E-state index contributed by atoms with van der Waals surface area (Å²) in [4.78, 5) is 29.9. The zero-order valence-corrected chi connectivity index (χ0v) is 17.7. The molecule has 1 aliphatic rings. The van der Waals surface area contributed by atoms with Crippen LogP contribution in [0.25, 0.3) is 10.2 Å². The Morgan fingerprint density at radius 3 is 2.60 bits per heavy atom. The highest BCUT2D eigenvalue weighted by atomic mass is 32.1. The normalized spacial score (nSPS) is 17.3. The maximum atomic E-state index is 13.6. The summed E-state index contributed by atoms with van der Waals surface area (Å²) in [6.45, 7) is 5.95. The highest BCUT2D eigenvalue weighted by molar-refractivity contribution is 7.17. The maximum Gasteiger partial charge on any atom is 0.417 e. The van der Waals surface area contributed by atoms with Gasteiger partial charge in [0.1, 0.15) is 11.4 Å². The summed E-state index contributed by atoms with van der Waals surface area (Å²) in [5.74, 6) is -0.773. The fraction of sp³-hybridized carbons (Fsp3) is 0.526. The molecule has 1 fully saturated rings. The van der Waals surface area contributed by atoms with Crippen molar-refractivity contribution in [2.24, 2.45) is 0 Å². The number of anilines is 1. The molecule has 11 heteroatoms. The van der Waals surface area contributed by atoms with Crippen molar-refractivity contribution in [2.45, 2.75) is 45.0 Å². The zero-order chi connectivity index (χ0) is 22.3.